The Bertz CT molecular complexity index is 6630. The average Bonchev–Trinajstić information content (AvgIpc) is 1.52. The quantitative estimate of drug-likeness (QED) is 0.0260. The second kappa shape index (κ2) is 54.2. The number of fused-ring (bicyclic) bond motifs is 6. The molecule has 0 radical (unpaired) electrons. The predicted octanol–water partition coefficient (Wildman–Crippen LogP) is 24.6. The summed E-state index contributed by atoms with van der Waals surface area (Å²) in [6, 6.07) is 104. The van der Waals surface area contributed by atoms with Crippen molar-refractivity contribution in [2.75, 3.05) is 38.1 Å². The summed E-state index contributed by atoms with van der Waals surface area (Å²) in [6.07, 6.45) is 11.2. The Morgan fingerprint density at radius 1 is 0.421 bits per heavy atom. The zero-order valence-corrected chi connectivity index (χ0v) is 89.6. The molecule has 730 valence electrons. The molecule has 140 heavy (non-hydrogen) atoms. The molecular weight excluding hydrogens is 2660 g/mol. The molecule has 1 fully saturated rings. The summed E-state index contributed by atoms with van der Waals surface area (Å²) in [6.45, 7) is 20.6. The number of pyridine rings is 10. The smallest absolute Gasteiger partial charge is 0.656 e. The monoisotopic (exact) mass is 2760 g/mol. The van der Waals surface area contributed by atoms with Crippen LogP contribution in [0.3, 0.4) is 0 Å². The third-order valence-corrected chi connectivity index (χ3v) is 23.8. The van der Waals surface area contributed by atoms with Crippen LogP contribution in [0.1, 0.15) is 118 Å². The maximum atomic E-state index is 10.2. The summed E-state index contributed by atoms with van der Waals surface area (Å²) in [5.74, 6) is 4.12. The van der Waals surface area contributed by atoms with Crippen LogP contribution < -0.4 is 24.2 Å². The number of para-hydroxylation sites is 5. The molecule has 2 bridgehead atoms. The number of hydrogen-bond acceptors (Lipinski definition) is 18. The van der Waals surface area contributed by atoms with Crippen LogP contribution in [0.15, 0.2) is 353 Å². The number of aromatic hydroxyl groups is 3. The Morgan fingerprint density at radius 2 is 0.857 bits per heavy atom. The Balaban J connectivity index is 0.000000180. The minimum atomic E-state index is -0.199. The summed E-state index contributed by atoms with van der Waals surface area (Å²) < 4.78 is 17.3. The van der Waals surface area contributed by atoms with E-state index in [2.05, 4.69) is 133 Å². The Morgan fingerprint density at radius 3 is 1.37 bits per heavy atom. The van der Waals surface area contributed by atoms with Crippen LogP contribution in [0.4, 0.5) is 11.5 Å². The molecule has 29 heteroatoms. The number of anilines is 2. The molecule has 3 N–H and O–H groups in total. The molecule has 0 aliphatic heterocycles. The van der Waals surface area contributed by atoms with Crippen LogP contribution in [0.2, 0.25) is 0 Å². The molecule has 6 aromatic carbocycles. The van der Waals surface area contributed by atoms with Crippen LogP contribution in [-0.4, -0.2) is 103 Å². The normalized spacial score (nSPS) is 13.3. The van der Waals surface area contributed by atoms with Gasteiger partial charge in [-0.2, -0.15) is 18.2 Å². The molecule has 19 rings (SSSR count). The maximum absolute atomic E-state index is 10.2. The van der Waals surface area contributed by atoms with Gasteiger partial charge in [0.25, 0.3) is 0 Å². The molecule has 0 amide bonds. The fourth-order valence-corrected chi connectivity index (χ4v) is 16.1. The number of benzene rings is 6. The number of rotatable bonds is 32. The molecule has 11 heterocycles. The fraction of sp³-hybridized carbons (Fsp3) is 0.216. The summed E-state index contributed by atoms with van der Waals surface area (Å²) in [7, 11) is 0. The average molecular weight is 2760 g/mol. The van der Waals surface area contributed by atoms with Gasteiger partial charge in [0, 0.05) is 210 Å². The third-order valence-electron chi connectivity index (χ3n) is 23.8. The molecule has 2 unspecified atom stereocenters. The van der Waals surface area contributed by atoms with Crippen molar-refractivity contribution in [1.82, 2.24) is 60.0 Å². The summed E-state index contributed by atoms with van der Waals surface area (Å²) in [5, 5.41) is 64.5. The van der Waals surface area contributed by atoms with E-state index in [1.807, 2.05) is 278 Å². The number of phenolic OH excluding ortho intramolecular Hbond substituents is 3. The van der Waals surface area contributed by atoms with Crippen molar-refractivity contribution in [3.8, 4) is 85.8 Å². The van der Waals surface area contributed by atoms with Crippen molar-refractivity contribution in [3.05, 3.63) is 436 Å². The van der Waals surface area contributed by atoms with Crippen molar-refractivity contribution in [2.24, 2.45) is 5.41 Å². The third kappa shape index (κ3) is 29.6. The minimum Gasteiger partial charge on any atom is -0.656 e. The van der Waals surface area contributed by atoms with Gasteiger partial charge in [0.05, 0.1) is 22.8 Å². The summed E-state index contributed by atoms with van der Waals surface area (Å²) >= 11 is 0. The Labute approximate surface area is 891 Å². The second-order valence-electron chi connectivity index (χ2n) is 34.4. The van der Waals surface area contributed by atoms with Gasteiger partial charge >= 0.3 is 42.1 Å². The summed E-state index contributed by atoms with van der Waals surface area (Å²) in [5.41, 5.74) is 15.9. The fourth-order valence-electron chi connectivity index (χ4n) is 16.1. The molecule has 2 atom stereocenters. The van der Waals surface area contributed by atoms with E-state index in [0.29, 0.717) is 104 Å². The van der Waals surface area contributed by atoms with Crippen molar-refractivity contribution in [2.45, 2.75) is 116 Å². The van der Waals surface area contributed by atoms with Crippen LogP contribution in [-0.2, 0) is 154 Å². The number of phenols is 3. The largest absolute Gasteiger partial charge is 2.00 e. The molecule has 0 spiro atoms. The first-order valence-corrected chi connectivity index (χ1v) is 44.9. The SMILES string of the molecule is CC(C)(C[N-]Cc1ccccn1)c1cccc(-c2ccccc2O)n1.CC(C)(C[N-]Cc1ccccn1)c1cccc(Oc2[c-]cccc2)n1.CC12CCC(c3c1n[n-]c3-c1nc(OC[N-]Cc3ccccn3)cc3ccccc13)C2(C)C.Oc1ccccc1-c1cccc(N(C[N-]Cc2ccccn2)c2ccccc2)n1.Oc1ccccc1-c1cccc(OC[N-]Cc2ccccn2)n1.[Pt+2].[Pt+2].[Pt].[Pt].[Pt]. The van der Waals surface area contributed by atoms with Crippen LogP contribution in [0.25, 0.3) is 82.5 Å². The van der Waals surface area contributed by atoms with Crippen LogP contribution in [0.5, 0.6) is 40.6 Å². The van der Waals surface area contributed by atoms with E-state index in [9.17, 15) is 15.3 Å². The molecular formula is C111H107N18O6Pt5-3. The Hall–Kier alpha value is -11.9. The molecule has 0 saturated heterocycles. The first kappa shape index (κ1) is 110. The molecule has 1 saturated carbocycles. The van der Waals surface area contributed by atoms with Gasteiger partial charge in [-0.1, -0.05) is 194 Å². The molecule has 24 nitrogen and oxygen atoms in total. The van der Waals surface area contributed by atoms with E-state index >= 15 is 0 Å². The standard InChI is InChI=1S/C27H27N5O.C24H21N4O.C21H22N3O.C21H21N3O.C18H16N3O2.5Pt/c1-26(2)20-11-12-27(26,3)25-22(20)24(31-32-25)23-19-10-5-4-8-17(19)14-21(30-23)33-16-28-15-18-9-6-7-13-29-18;29-23-14-5-4-12-21(23)22-13-8-15-24(27-22)28(20-10-2-1-3-11-20)18-25-17-19-9-6-7-16-26-19;1-21(2,15-22-14-16-8-5-6-13-23-16)20-12-7-10-18(24-20)17-9-3-4-11-19(17)25;1-21(2,16-22-15-17-9-6-7-14-23-17)19-12-8-13-20(24-19)25-18-10-4-3-5-11-18;22-17-9-2-1-7-15(17)16-8-5-10-18(21-16)23-13-19-12-14-6-3-4-11-20-14;;;;;/h4-10,13-14,20H,11-12,15-16H2,1-3H3;1-16,29H,17-18H2;3-13,25H,14-15H2,1-2H3;3-10,12-14H,15-16H2,1-2H3;1-11,22H,12-13H2;;;;;/q-2;2*-1;-2;-1;;;;2*+2. The number of aromatic nitrogens is 12. The topological polar surface area (TPSA) is 318 Å². The zero-order valence-electron chi connectivity index (χ0n) is 78.2. The van der Waals surface area contributed by atoms with Crippen LogP contribution >= 0.6 is 0 Å². The van der Waals surface area contributed by atoms with E-state index in [0.717, 1.165) is 84.8 Å². The van der Waals surface area contributed by atoms with Crippen molar-refractivity contribution >= 4 is 22.3 Å². The minimum absolute atomic E-state index is 0. The van der Waals surface area contributed by atoms with Gasteiger partial charge in [-0.05, 0) is 192 Å². The molecule has 2 aliphatic rings. The van der Waals surface area contributed by atoms with Gasteiger partial charge in [-0.15, -0.1) is 57.9 Å². The van der Waals surface area contributed by atoms with E-state index in [1.165, 1.54) is 24.1 Å². The van der Waals surface area contributed by atoms with Gasteiger partial charge in [0.1, 0.15) is 23.1 Å². The maximum Gasteiger partial charge on any atom is 2.00 e. The first-order valence-electron chi connectivity index (χ1n) is 44.9. The van der Waals surface area contributed by atoms with Crippen molar-refractivity contribution < 1.29 is 135 Å². The van der Waals surface area contributed by atoms with Crippen molar-refractivity contribution in [3.63, 3.8) is 0 Å². The zero-order chi connectivity index (χ0) is 93.7. The van der Waals surface area contributed by atoms with Gasteiger partial charge in [-0.3, -0.25) is 29.9 Å². The van der Waals surface area contributed by atoms with E-state index in [1.54, 1.807) is 67.4 Å². The number of nitrogens with zero attached hydrogens (tertiary/aromatic N) is 18. The summed E-state index contributed by atoms with van der Waals surface area (Å²) in [4.78, 5) is 47.0. The molecule has 17 aromatic rings. The van der Waals surface area contributed by atoms with E-state index in [-0.39, 0.29) is 158 Å². The molecule has 2 aliphatic carbocycles. The van der Waals surface area contributed by atoms with Gasteiger partial charge in [0.15, 0.2) is 0 Å². The van der Waals surface area contributed by atoms with Crippen LogP contribution in [0, 0.1) is 11.5 Å². The van der Waals surface area contributed by atoms with Gasteiger partial charge < -0.3 is 71.2 Å². The Kier molecular flexibility index (Phi) is 42.7. The second-order valence-corrected chi connectivity index (χ2v) is 34.4. The predicted molar refractivity (Wildman–Crippen MR) is 532 cm³/mol. The van der Waals surface area contributed by atoms with E-state index < -0.39 is 0 Å². The number of hydrogen-bond donors (Lipinski definition) is 3. The number of ether oxygens (including phenoxy) is 3. The van der Waals surface area contributed by atoms with Crippen molar-refractivity contribution in [1.29, 1.82) is 0 Å². The van der Waals surface area contributed by atoms with Gasteiger partial charge in [0.2, 0.25) is 17.6 Å². The first-order chi connectivity index (χ1) is 65.8. The molecule has 11 aromatic heterocycles. The van der Waals surface area contributed by atoms with E-state index in [4.69, 9.17) is 34.3 Å². The van der Waals surface area contributed by atoms with Gasteiger partial charge in [-0.25, -0.2) is 19.9 Å².